The van der Waals surface area contributed by atoms with E-state index in [0.717, 1.165) is 19.2 Å². The highest BCUT2D eigenvalue weighted by atomic mass is 19.1. The highest BCUT2D eigenvalue weighted by Crippen LogP contribution is 2.45. The molecule has 2 aromatic rings. The molecule has 0 aliphatic carbocycles. The smallest absolute Gasteiger partial charge is 0.345 e. The number of piperazine rings is 1. The van der Waals surface area contributed by atoms with Crippen LogP contribution in [0.5, 0.6) is 5.75 Å². The van der Waals surface area contributed by atoms with E-state index in [1.165, 1.54) is 30.5 Å². The topological polar surface area (TPSA) is 81.1 Å². The number of nitrogens with zero attached hydrogens (tertiary/aromatic N) is 3. The van der Waals surface area contributed by atoms with Gasteiger partial charge in [-0.3, -0.25) is 4.79 Å². The number of hydrogen-bond acceptors (Lipinski definition) is 5. The largest absolute Gasteiger partial charge is 0.508 e. The Kier molecular flexibility index (Phi) is 4.70. The fraction of sp³-hybridized carbons (Fsp3) is 0.238. The van der Waals surface area contributed by atoms with Gasteiger partial charge >= 0.3 is 5.97 Å². The number of likely N-dealkylation sites (N-methyl/N-ethyl adjacent to an activating group) is 1. The number of phenolic OH excluding ortho intramolecular Hbond substituents is 1. The molecule has 7 nitrogen and oxygen atoms in total. The molecule has 2 aromatic carbocycles. The van der Waals surface area contributed by atoms with E-state index in [2.05, 4.69) is 9.91 Å². The summed E-state index contributed by atoms with van der Waals surface area (Å²) in [7, 11) is 2.00. The summed E-state index contributed by atoms with van der Waals surface area (Å²) >= 11 is 0. The molecule has 1 atom stereocenters. The summed E-state index contributed by atoms with van der Waals surface area (Å²) in [4.78, 5) is 26.9. The van der Waals surface area contributed by atoms with Gasteiger partial charge in [-0.25, -0.2) is 9.18 Å². The molecular weight excluding hydrogens is 377 g/mol. The Balaban J connectivity index is 2.03. The van der Waals surface area contributed by atoms with Gasteiger partial charge in [0.25, 0.3) is 0 Å². The second-order valence-electron chi connectivity index (χ2n) is 7.30. The lowest BCUT2D eigenvalue weighted by molar-refractivity contribution is -0.132. The molecular formula is C21H21FN3O4+. The number of ketones is 1. The number of aromatic hydroxyl groups is 1. The maximum absolute atomic E-state index is 14.0. The molecule has 2 heterocycles. The molecule has 150 valence electrons. The number of halogens is 1. The maximum Gasteiger partial charge on any atom is 0.345 e. The van der Waals surface area contributed by atoms with Gasteiger partial charge in [-0.1, -0.05) is 0 Å². The number of aliphatic carboxylic acids is 1. The van der Waals surface area contributed by atoms with Crippen LogP contribution in [0.4, 0.5) is 15.8 Å². The molecule has 0 spiro atoms. The summed E-state index contributed by atoms with van der Waals surface area (Å²) < 4.78 is 13.9. The molecule has 8 heteroatoms. The van der Waals surface area contributed by atoms with E-state index in [1.807, 2.05) is 7.05 Å². The molecule has 0 radical (unpaired) electrons. The van der Waals surface area contributed by atoms with Gasteiger partial charge in [0.2, 0.25) is 5.78 Å². The number of quaternary nitrogens is 1. The van der Waals surface area contributed by atoms with Crippen molar-refractivity contribution in [1.29, 1.82) is 0 Å². The van der Waals surface area contributed by atoms with E-state index in [0.29, 0.717) is 24.5 Å². The normalized spacial score (nSPS) is 22.8. The highest BCUT2D eigenvalue weighted by Gasteiger charge is 2.49. The van der Waals surface area contributed by atoms with Crippen LogP contribution in [0.15, 0.2) is 54.2 Å². The zero-order chi connectivity index (χ0) is 20.8. The molecule has 1 fully saturated rings. The predicted molar refractivity (Wildman–Crippen MR) is 105 cm³/mol. The van der Waals surface area contributed by atoms with Gasteiger partial charge in [-0.05, 0) is 31.3 Å². The molecule has 0 bridgehead atoms. The molecule has 2 aliphatic heterocycles. The standard InChI is InChI=1S/C21H20FN3O4/c1-23-8-10-24(11-9-23)25(15-3-5-16(26)6-4-15)13-18(21(28)29)20(27)17-12-14(22)2-7-19(17)25/h2-7,12-13H,8-11H2,1H3,(H-,26,28,29)/p+1. The van der Waals surface area contributed by atoms with Gasteiger partial charge in [-0.2, -0.15) is 4.59 Å². The van der Waals surface area contributed by atoms with Crippen molar-refractivity contribution in [2.24, 2.45) is 0 Å². The van der Waals surface area contributed by atoms with Crippen molar-refractivity contribution < 1.29 is 24.2 Å². The molecule has 0 saturated carbocycles. The van der Waals surface area contributed by atoms with Crippen molar-refractivity contribution in [3.05, 3.63) is 65.6 Å². The van der Waals surface area contributed by atoms with Crippen LogP contribution in [0.3, 0.4) is 0 Å². The number of benzene rings is 2. The van der Waals surface area contributed by atoms with Gasteiger partial charge in [0.05, 0.1) is 18.7 Å². The Morgan fingerprint density at radius 1 is 1.07 bits per heavy atom. The first kappa shape index (κ1) is 19.3. The molecule has 0 aromatic heterocycles. The van der Waals surface area contributed by atoms with Crippen molar-refractivity contribution in [3.63, 3.8) is 0 Å². The van der Waals surface area contributed by atoms with Crippen LogP contribution in [0.25, 0.3) is 0 Å². The molecule has 1 unspecified atom stereocenters. The highest BCUT2D eigenvalue weighted by molar-refractivity contribution is 6.26. The second-order valence-corrected chi connectivity index (χ2v) is 7.30. The fourth-order valence-corrected chi connectivity index (χ4v) is 4.00. The average molecular weight is 398 g/mol. The first-order valence-corrected chi connectivity index (χ1v) is 9.26. The first-order chi connectivity index (χ1) is 13.8. The number of rotatable bonds is 3. The Labute approximate surface area is 167 Å². The molecule has 1 saturated heterocycles. The quantitative estimate of drug-likeness (QED) is 0.611. The van der Waals surface area contributed by atoms with E-state index < -0.39 is 23.1 Å². The molecule has 29 heavy (non-hydrogen) atoms. The summed E-state index contributed by atoms with van der Waals surface area (Å²) in [5.41, 5.74) is 0.745. The van der Waals surface area contributed by atoms with E-state index in [9.17, 15) is 24.2 Å². The van der Waals surface area contributed by atoms with Crippen LogP contribution in [0, 0.1) is 5.82 Å². The van der Waals surface area contributed by atoms with Crippen molar-refractivity contribution in [1.82, 2.24) is 14.5 Å². The predicted octanol–water partition coefficient (Wildman–Crippen LogP) is 2.50. The zero-order valence-electron chi connectivity index (χ0n) is 15.9. The van der Waals surface area contributed by atoms with Crippen molar-refractivity contribution in [2.45, 2.75) is 0 Å². The minimum absolute atomic E-state index is 0.0249. The molecule has 4 rings (SSSR count). The first-order valence-electron chi connectivity index (χ1n) is 9.26. The van der Waals surface area contributed by atoms with Gasteiger partial charge in [0, 0.05) is 31.3 Å². The number of phenols is 1. The Morgan fingerprint density at radius 2 is 1.72 bits per heavy atom. The number of fused-ring (bicyclic) bond motifs is 1. The summed E-state index contributed by atoms with van der Waals surface area (Å²) in [6.07, 6.45) is 1.42. The Hall–Kier alpha value is -3.07. The average Bonchev–Trinajstić information content (AvgIpc) is 2.70. The Bertz CT molecular complexity index is 1010. The lowest BCUT2D eigenvalue weighted by Gasteiger charge is -2.47. The van der Waals surface area contributed by atoms with Crippen molar-refractivity contribution >= 4 is 23.1 Å². The number of carbonyl (C=O) groups is 2. The van der Waals surface area contributed by atoms with Crippen LogP contribution in [0.2, 0.25) is 0 Å². The molecule has 0 amide bonds. The summed E-state index contributed by atoms with van der Waals surface area (Å²) in [5, 5.41) is 21.5. The third kappa shape index (κ3) is 3.11. The maximum atomic E-state index is 14.0. The summed E-state index contributed by atoms with van der Waals surface area (Å²) in [6.45, 7) is 2.70. The van der Waals surface area contributed by atoms with Crippen LogP contribution in [-0.2, 0) is 4.79 Å². The summed E-state index contributed by atoms with van der Waals surface area (Å²) in [6, 6.07) is 10.3. The van der Waals surface area contributed by atoms with Crippen LogP contribution >= 0.6 is 0 Å². The number of carboxylic acids is 1. The SMILES string of the molecule is CN1CCN([N+]2(c3ccc(O)cc3)C=C(C(=O)O)C(=O)c3cc(F)ccc32)CC1. The van der Waals surface area contributed by atoms with Gasteiger partial charge in [-0.15, -0.1) is 5.01 Å². The monoisotopic (exact) mass is 398 g/mol. The van der Waals surface area contributed by atoms with Crippen molar-refractivity contribution in [3.8, 4) is 5.75 Å². The number of Topliss-reactive ketones (excluding diaryl/α,β-unsaturated/α-hetero) is 1. The van der Waals surface area contributed by atoms with E-state index in [1.54, 1.807) is 12.1 Å². The van der Waals surface area contributed by atoms with Gasteiger partial charge in [0.15, 0.2) is 16.9 Å². The third-order valence-electron chi connectivity index (χ3n) is 5.53. The number of carboxylic acid groups (broad SMARTS) is 1. The minimum atomic E-state index is -1.36. The lowest BCUT2D eigenvalue weighted by Crippen LogP contribution is -2.62. The van der Waals surface area contributed by atoms with Gasteiger partial charge in [0.1, 0.15) is 17.8 Å². The zero-order valence-corrected chi connectivity index (χ0v) is 15.9. The second kappa shape index (κ2) is 7.07. The Morgan fingerprint density at radius 3 is 2.34 bits per heavy atom. The minimum Gasteiger partial charge on any atom is -0.508 e. The number of carbonyl (C=O) groups excluding carboxylic acids is 1. The third-order valence-corrected chi connectivity index (χ3v) is 5.53. The van der Waals surface area contributed by atoms with Crippen molar-refractivity contribution in [2.75, 3.05) is 33.2 Å². The van der Waals surface area contributed by atoms with E-state index in [4.69, 9.17) is 0 Å². The van der Waals surface area contributed by atoms with Crippen LogP contribution in [-0.4, -0.2) is 65.1 Å². The molecule has 2 aliphatic rings. The summed E-state index contributed by atoms with van der Waals surface area (Å²) in [5.74, 6) is -2.61. The fourth-order valence-electron chi connectivity index (χ4n) is 4.00. The number of hydrogen-bond donors (Lipinski definition) is 2. The van der Waals surface area contributed by atoms with E-state index in [-0.39, 0.29) is 15.9 Å². The van der Waals surface area contributed by atoms with Crippen LogP contribution in [0.1, 0.15) is 10.4 Å². The van der Waals surface area contributed by atoms with Crippen LogP contribution < -0.4 is 4.59 Å². The van der Waals surface area contributed by atoms with E-state index >= 15 is 0 Å². The van der Waals surface area contributed by atoms with Gasteiger partial charge < -0.3 is 15.1 Å². The molecule has 2 N–H and O–H groups in total. The lowest BCUT2D eigenvalue weighted by atomic mass is 9.96.